The summed E-state index contributed by atoms with van der Waals surface area (Å²) in [5, 5.41) is 3.33. The van der Waals surface area contributed by atoms with Crippen LogP contribution in [0, 0.1) is 5.82 Å². The quantitative estimate of drug-likeness (QED) is 0.199. The number of ether oxygens (including phenoxy) is 1. The van der Waals surface area contributed by atoms with Gasteiger partial charge in [-0.3, -0.25) is 9.79 Å². The number of benzene rings is 1. The third kappa shape index (κ3) is 6.99. The Hall–Kier alpha value is -1.07. The van der Waals surface area contributed by atoms with Crippen LogP contribution in [-0.2, 0) is 9.53 Å². The third-order valence-corrected chi connectivity index (χ3v) is 5.91. The van der Waals surface area contributed by atoms with Gasteiger partial charge in [-0.1, -0.05) is 12.1 Å². The number of halogens is 2. The number of thioether (sulfide) groups is 1. The van der Waals surface area contributed by atoms with Crippen LogP contribution in [0.25, 0.3) is 0 Å². The molecule has 1 atom stereocenters. The maximum absolute atomic E-state index is 13.7. The molecule has 0 spiro atoms. The van der Waals surface area contributed by atoms with E-state index in [1.807, 2.05) is 17.9 Å². The summed E-state index contributed by atoms with van der Waals surface area (Å²) in [6.07, 6.45) is 1.56. The molecule has 2 aliphatic heterocycles. The number of hydrogen-bond acceptors (Lipinski definition) is 4. The largest absolute Gasteiger partial charge is 0.368 e. The molecule has 0 aromatic heterocycles. The van der Waals surface area contributed by atoms with Crippen LogP contribution in [0.4, 0.5) is 4.39 Å². The van der Waals surface area contributed by atoms with E-state index in [1.165, 1.54) is 17.8 Å². The van der Waals surface area contributed by atoms with Gasteiger partial charge in [-0.15, -0.1) is 35.7 Å². The van der Waals surface area contributed by atoms with Crippen molar-refractivity contribution in [2.75, 3.05) is 51.6 Å². The van der Waals surface area contributed by atoms with E-state index < -0.39 is 0 Å². The molecule has 0 saturated carbocycles. The molecular formula is C20H30FIN4O2S. The number of nitrogens with one attached hydrogen (secondary N) is 1. The van der Waals surface area contributed by atoms with Gasteiger partial charge in [0.05, 0.1) is 6.54 Å². The zero-order chi connectivity index (χ0) is 19.8. The van der Waals surface area contributed by atoms with Crippen molar-refractivity contribution in [3.05, 3.63) is 30.1 Å². The van der Waals surface area contributed by atoms with E-state index in [2.05, 4.69) is 15.2 Å². The van der Waals surface area contributed by atoms with Gasteiger partial charge in [-0.05, 0) is 31.9 Å². The minimum Gasteiger partial charge on any atom is -0.368 e. The molecule has 1 aromatic rings. The number of amides is 1. The highest BCUT2D eigenvalue weighted by Crippen LogP contribution is 2.21. The molecule has 0 bridgehead atoms. The van der Waals surface area contributed by atoms with Gasteiger partial charge in [0.25, 0.3) is 5.91 Å². The summed E-state index contributed by atoms with van der Waals surface area (Å²) >= 11 is 1.48. The molecule has 1 aromatic carbocycles. The minimum absolute atomic E-state index is 0. The van der Waals surface area contributed by atoms with E-state index >= 15 is 0 Å². The number of rotatable bonds is 6. The van der Waals surface area contributed by atoms with Crippen LogP contribution >= 0.6 is 35.7 Å². The second-order valence-electron chi connectivity index (χ2n) is 6.83. The molecule has 0 aliphatic carbocycles. The van der Waals surface area contributed by atoms with Crippen LogP contribution in [0.2, 0.25) is 0 Å². The van der Waals surface area contributed by atoms with Crippen molar-refractivity contribution < 1.29 is 13.9 Å². The van der Waals surface area contributed by atoms with E-state index in [4.69, 9.17) is 4.74 Å². The van der Waals surface area contributed by atoms with Gasteiger partial charge in [-0.25, -0.2) is 4.39 Å². The average Bonchev–Trinajstić information content (AvgIpc) is 3.26. The molecule has 2 aliphatic rings. The minimum atomic E-state index is -0.246. The summed E-state index contributed by atoms with van der Waals surface area (Å²) in [6.45, 7) is 7.01. The van der Waals surface area contributed by atoms with Gasteiger partial charge >= 0.3 is 0 Å². The molecular weight excluding hydrogens is 506 g/mol. The molecule has 162 valence electrons. The summed E-state index contributed by atoms with van der Waals surface area (Å²) in [5.41, 5.74) is 0. The Balaban J connectivity index is 0.00000300. The van der Waals surface area contributed by atoms with Gasteiger partial charge in [0.1, 0.15) is 11.9 Å². The Morgan fingerprint density at radius 2 is 2.00 bits per heavy atom. The van der Waals surface area contributed by atoms with Crippen LogP contribution in [0.1, 0.15) is 19.8 Å². The number of aliphatic imine (C=N–C) groups is 1. The van der Waals surface area contributed by atoms with Crippen molar-refractivity contribution >= 4 is 47.6 Å². The van der Waals surface area contributed by atoms with E-state index in [1.54, 1.807) is 12.1 Å². The number of guanidine groups is 1. The van der Waals surface area contributed by atoms with Crippen molar-refractivity contribution in [2.24, 2.45) is 4.99 Å². The molecule has 2 fully saturated rings. The van der Waals surface area contributed by atoms with Crippen LogP contribution in [0.3, 0.4) is 0 Å². The maximum Gasteiger partial charge on any atom is 0.251 e. The highest BCUT2D eigenvalue weighted by molar-refractivity contribution is 14.0. The molecule has 1 amide bonds. The summed E-state index contributed by atoms with van der Waals surface area (Å²) in [7, 11) is 0. The summed E-state index contributed by atoms with van der Waals surface area (Å²) < 4.78 is 19.2. The predicted molar refractivity (Wildman–Crippen MR) is 126 cm³/mol. The number of hydrogen-bond donors (Lipinski definition) is 1. The zero-order valence-corrected chi connectivity index (χ0v) is 20.0. The Bertz CT molecular complexity index is 680. The monoisotopic (exact) mass is 536 g/mol. The molecule has 2 heterocycles. The van der Waals surface area contributed by atoms with Crippen LogP contribution in [0.15, 0.2) is 34.2 Å². The Morgan fingerprint density at radius 3 is 2.66 bits per heavy atom. The normalized spacial score (nSPS) is 19.8. The van der Waals surface area contributed by atoms with Gasteiger partial charge in [0.15, 0.2) is 5.96 Å². The van der Waals surface area contributed by atoms with Crippen molar-refractivity contribution in [1.29, 1.82) is 0 Å². The lowest BCUT2D eigenvalue weighted by atomic mass is 10.2. The average molecular weight is 536 g/mol. The van der Waals surface area contributed by atoms with E-state index in [0.717, 1.165) is 38.4 Å². The highest BCUT2D eigenvalue weighted by atomic mass is 127. The fourth-order valence-electron chi connectivity index (χ4n) is 3.41. The molecule has 1 N–H and O–H groups in total. The van der Waals surface area contributed by atoms with Gasteiger partial charge < -0.3 is 19.9 Å². The molecule has 0 radical (unpaired) electrons. The van der Waals surface area contributed by atoms with Gasteiger partial charge in [0, 0.05) is 50.0 Å². The lowest BCUT2D eigenvalue weighted by Crippen LogP contribution is -2.55. The standard InChI is InChI=1S/C20H29FN4O2S.HI/c1-2-22-20(23-9-15-28-18-8-4-3-6-16(18)21)25-12-10-24(11-13-25)19(26)17-7-5-14-27-17;/h3-4,6,8,17H,2,5,7,9-15H2,1H3,(H,22,23);1H. The summed E-state index contributed by atoms with van der Waals surface area (Å²) in [4.78, 5) is 21.9. The van der Waals surface area contributed by atoms with Crippen molar-refractivity contribution in [3.8, 4) is 0 Å². The fraction of sp³-hybridized carbons (Fsp3) is 0.600. The second-order valence-corrected chi connectivity index (χ2v) is 7.97. The summed E-state index contributed by atoms with van der Waals surface area (Å²) in [5.74, 6) is 1.52. The van der Waals surface area contributed by atoms with Crippen molar-refractivity contribution in [3.63, 3.8) is 0 Å². The zero-order valence-electron chi connectivity index (χ0n) is 16.8. The van der Waals surface area contributed by atoms with E-state index in [9.17, 15) is 9.18 Å². The van der Waals surface area contributed by atoms with E-state index in [-0.39, 0.29) is 41.8 Å². The third-order valence-electron chi connectivity index (χ3n) is 4.88. The first-order chi connectivity index (χ1) is 13.7. The number of nitrogens with zero attached hydrogens (tertiary/aromatic N) is 3. The first kappa shape index (κ1) is 24.2. The van der Waals surface area contributed by atoms with Crippen LogP contribution < -0.4 is 5.32 Å². The van der Waals surface area contributed by atoms with Crippen molar-refractivity contribution in [1.82, 2.24) is 15.1 Å². The molecule has 9 heteroatoms. The maximum atomic E-state index is 13.7. The fourth-order valence-corrected chi connectivity index (χ4v) is 4.19. The van der Waals surface area contributed by atoms with Crippen LogP contribution in [-0.4, -0.2) is 79.4 Å². The topological polar surface area (TPSA) is 57.2 Å². The lowest BCUT2D eigenvalue weighted by molar-refractivity contribution is -0.142. The molecule has 29 heavy (non-hydrogen) atoms. The molecule has 3 rings (SSSR count). The second kappa shape index (κ2) is 12.6. The summed E-state index contributed by atoms with van der Waals surface area (Å²) in [6, 6.07) is 6.81. The lowest BCUT2D eigenvalue weighted by Gasteiger charge is -2.37. The smallest absolute Gasteiger partial charge is 0.251 e. The Labute approximate surface area is 193 Å². The Kier molecular flexibility index (Phi) is 10.5. The first-order valence-corrected chi connectivity index (χ1v) is 11.0. The van der Waals surface area contributed by atoms with Crippen LogP contribution in [0.5, 0.6) is 0 Å². The van der Waals surface area contributed by atoms with E-state index in [0.29, 0.717) is 36.9 Å². The Morgan fingerprint density at radius 1 is 1.28 bits per heavy atom. The number of carbonyl (C=O) groups is 1. The van der Waals surface area contributed by atoms with Gasteiger partial charge in [0.2, 0.25) is 0 Å². The molecule has 2 saturated heterocycles. The molecule has 1 unspecified atom stereocenters. The first-order valence-electron chi connectivity index (χ1n) is 10.00. The predicted octanol–water partition coefficient (Wildman–Crippen LogP) is 2.82. The molecule has 6 nitrogen and oxygen atoms in total. The number of carbonyl (C=O) groups excluding carboxylic acids is 1. The highest BCUT2D eigenvalue weighted by Gasteiger charge is 2.30. The number of piperazine rings is 1. The van der Waals surface area contributed by atoms with Crippen molar-refractivity contribution in [2.45, 2.75) is 30.8 Å². The van der Waals surface area contributed by atoms with Gasteiger partial charge in [-0.2, -0.15) is 0 Å². The SMILES string of the molecule is CCNC(=NCCSc1ccccc1F)N1CCN(C(=O)C2CCCO2)CC1.I.